The minimum atomic E-state index is -4.35. The Labute approximate surface area is 458 Å². The third-order valence-electron chi connectivity index (χ3n) is 12.5. The third-order valence-corrected chi connectivity index (χ3v) is 16.0. The topological polar surface area (TPSA) is 209 Å². The number of esters is 2. The Morgan fingerprint density at radius 1 is 0.795 bits per heavy atom. The fourth-order valence-corrected chi connectivity index (χ4v) is 12.1. The molecule has 2 N–H and O–H groups in total. The van der Waals surface area contributed by atoms with Crippen molar-refractivity contribution in [3.8, 4) is 0 Å². The van der Waals surface area contributed by atoms with Crippen LogP contribution >= 0.6 is 11.3 Å². The Bertz CT molecular complexity index is 3400. The number of amides is 2. The van der Waals surface area contributed by atoms with Crippen molar-refractivity contribution in [3.63, 3.8) is 0 Å². The van der Waals surface area contributed by atoms with E-state index in [0.717, 1.165) is 50.8 Å². The van der Waals surface area contributed by atoms with Gasteiger partial charge in [0.15, 0.2) is 16.9 Å². The van der Waals surface area contributed by atoms with E-state index >= 15 is 0 Å². The van der Waals surface area contributed by atoms with Crippen LogP contribution in [0.3, 0.4) is 0 Å². The van der Waals surface area contributed by atoms with E-state index in [2.05, 4.69) is 15.8 Å². The summed E-state index contributed by atoms with van der Waals surface area (Å²) in [5, 5.41) is 11.0. The lowest BCUT2D eigenvalue weighted by Crippen LogP contribution is -2.74. The van der Waals surface area contributed by atoms with Gasteiger partial charge in [0.05, 0.1) is 16.6 Å². The molecule has 0 bridgehead atoms. The SMILES string of the molecule is Cc1ccc(S(=O)(=O)OC=CC2=C(C(=O)OC(c3ccccc3)c3ccccc3)N3C(=O)C(NC(=O)C(=NOCC(=O)OC(C)(C)C)c4csc(NC(c5ccccc5)(c5ccccc5)c5ccccc5)n4)C3S(=O)C2)cc1. The molecule has 7 aromatic rings. The number of allylic oxidation sites excluding steroid dienone is 1. The molecule has 2 aliphatic heterocycles. The number of carbonyl (C=O) groups is 4. The largest absolute Gasteiger partial charge is 0.457 e. The fourth-order valence-electron chi connectivity index (χ4n) is 8.93. The number of carbonyl (C=O) groups excluding carboxylic acids is 4. The van der Waals surface area contributed by atoms with Gasteiger partial charge in [-0.2, -0.15) is 8.42 Å². The van der Waals surface area contributed by atoms with E-state index in [1.54, 1.807) is 106 Å². The van der Waals surface area contributed by atoms with Gasteiger partial charge in [-0.15, -0.1) is 11.3 Å². The van der Waals surface area contributed by atoms with Crippen LogP contribution in [0, 0.1) is 6.92 Å². The molecule has 3 heterocycles. The molecule has 0 spiro atoms. The van der Waals surface area contributed by atoms with Crippen molar-refractivity contribution in [1.29, 1.82) is 0 Å². The molecule has 1 saturated heterocycles. The number of benzene rings is 6. The van der Waals surface area contributed by atoms with Gasteiger partial charge < -0.3 is 29.1 Å². The maximum absolute atomic E-state index is 14.7. The molecule has 1 fully saturated rings. The first-order chi connectivity index (χ1) is 37.5. The first kappa shape index (κ1) is 54.3. The molecule has 2 amide bonds. The Kier molecular flexibility index (Phi) is 16.3. The van der Waals surface area contributed by atoms with Crippen molar-refractivity contribution in [3.05, 3.63) is 244 Å². The summed E-state index contributed by atoms with van der Waals surface area (Å²) in [5.41, 5.74) is 1.96. The second-order valence-electron chi connectivity index (χ2n) is 19.0. The Morgan fingerprint density at radius 3 is 1.85 bits per heavy atom. The highest BCUT2D eigenvalue weighted by Gasteiger charge is 2.58. The predicted molar refractivity (Wildman–Crippen MR) is 295 cm³/mol. The van der Waals surface area contributed by atoms with Crippen LogP contribution in [0.4, 0.5) is 5.13 Å². The maximum Gasteiger partial charge on any atom is 0.356 e. The molecule has 0 saturated carbocycles. The number of nitrogens with zero attached hydrogens (tertiary/aromatic N) is 3. The summed E-state index contributed by atoms with van der Waals surface area (Å²) in [6.45, 7) is 6.15. The van der Waals surface area contributed by atoms with Crippen LogP contribution in [-0.4, -0.2) is 81.4 Å². The number of rotatable bonds is 19. The molecule has 2 aliphatic rings. The number of β-lactam (4-membered cyclic amide) rings is 1. The van der Waals surface area contributed by atoms with Crippen LogP contribution in [0.15, 0.2) is 215 Å². The summed E-state index contributed by atoms with van der Waals surface area (Å²) >= 11 is 1.16. The van der Waals surface area contributed by atoms with Gasteiger partial charge in [0.25, 0.3) is 11.8 Å². The second kappa shape index (κ2) is 23.4. The predicted octanol–water partition coefficient (Wildman–Crippen LogP) is 8.84. The van der Waals surface area contributed by atoms with E-state index in [1.165, 1.54) is 12.1 Å². The van der Waals surface area contributed by atoms with Crippen molar-refractivity contribution in [2.24, 2.45) is 5.16 Å². The summed E-state index contributed by atoms with van der Waals surface area (Å²) in [4.78, 5) is 68.0. The molecule has 0 radical (unpaired) electrons. The number of ether oxygens (including phenoxy) is 2. The highest BCUT2D eigenvalue weighted by molar-refractivity contribution is 7.87. The quantitative estimate of drug-likeness (QED) is 0.0148. The molecule has 16 nitrogen and oxygen atoms in total. The molecule has 0 aliphatic carbocycles. The van der Waals surface area contributed by atoms with Crippen molar-refractivity contribution < 1.29 is 50.3 Å². The first-order valence-corrected chi connectivity index (χ1v) is 28.2. The molecular formula is C59H53N5O11S3. The van der Waals surface area contributed by atoms with Gasteiger partial charge in [-0.1, -0.05) is 175 Å². The van der Waals surface area contributed by atoms with Crippen molar-refractivity contribution >= 4 is 66.9 Å². The number of aryl methyl sites for hydroxylation is 1. The number of hydrogen-bond donors (Lipinski definition) is 2. The van der Waals surface area contributed by atoms with E-state index in [-0.39, 0.29) is 21.9 Å². The average Bonchev–Trinajstić information content (AvgIpc) is 4.01. The van der Waals surface area contributed by atoms with Gasteiger partial charge in [0.2, 0.25) is 6.61 Å². The molecule has 6 aromatic carbocycles. The molecule has 3 unspecified atom stereocenters. The van der Waals surface area contributed by atoms with Crippen molar-refractivity contribution in [2.45, 2.75) is 61.3 Å². The summed E-state index contributed by atoms with van der Waals surface area (Å²) in [6, 6.07) is 51.6. The lowest BCUT2D eigenvalue weighted by Gasteiger charge is -2.49. The lowest BCUT2D eigenvalue weighted by molar-refractivity contribution is -0.160. The van der Waals surface area contributed by atoms with E-state index in [4.69, 9.17) is 23.5 Å². The van der Waals surface area contributed by atoms with E-state index in [9.17, 15) is 31.8 Å². The molecule has 78 heavy (non-hydrogen) atoms. The van der Waals surface area contributed by atoms with Gasteiger partial charge in [-0.05, 0) is 79.3 Å². The highest BCUT2D eigenvalue weighted by atomic mass is 32.2. The van der Waals surface area contributed by atoms with Gasteiger partial charge in [-0.3, -0.25) is 18.7 Å². The lowest BCUT2D eigenvalue weighted by atomic mass is 9.77. The molecule has 19 heteroatoms. The van der Waals surface area contributed by atoms with Crippen LogP contribution in [0.25, 0.3) is 0 Å². The van der Waals surface area contributed by atoms with Crippen LogP contribution in [0.5, 0.6) is 0 Å². The van der Waals surface area contributed by atoms with E-state index in [0.29, 0.717) is 16.3 Å². The number of hydrogen-bond acceptors (Lipinski definition) is 15. The van der Waals surface area contributed by atoms with Gasteiger partial charge in [-0.25, -0.2) is 14.6 Å². The monoisotopic (exact) mass is 1100 g/mol. The van der Waals surface area contributed by atoms with E-state index < -0.39 is 91.4 Å². The highest BCUT2D eigenvalue weighted by Crippen LogP contribution is 2.42. The first-order valence-electron chi connectivity index (χ1n) is 24.6. The van der Waals surface area contributed by atoms with Crippen molar-refractivity contribution in [1.82, 2.24) is 15.2 Å². The van der Waals surface area contributed by atoms with Gasteiger partial charge in [0, 0.05) is 5.38 Å². The van der Waals surface area contributed by atoms with Gasteiger partial charge in [0.1, 0.15) is 45.1 Å². The average molecular weight is 1100 g/mol. The number of thiazole rings is 1. The Hall–Kier alpha value is -8.52. The second-order valence-corrected chi connectivity index (χ2v) is 23.0. The standard InChI is InChI=1S/C59H53N5O11S3/c1-39-30-32-46(33-31-39)78(70,71)73-35-34-42-38-77(69)55-50(54(67)64(55)51(42)56(68)74-52(40-20-10-5-11-21-40)41-22-12-6-13-23-41)61-53(66)49(63-72-36-48(65)75-58(2,3)4)47-37-76-57(60-47)62-59(43-24-14-7-15-25-43,44-26-16-8-17-27-44)45-28-18-9-19-29-45/h5-35,37,50,52,55H,36,38H2,1-4H3,(H,60,62)(H,61,66). The number of fused-ring (bicyclic) bond motifs is 1. The molecule has 3 atom stereocenters. The molecular weight excluding hydrogens is 1050 g/mol. The summed E-state index contributed by atoms with van der Waals surface area (Å²) in [5.74, 6) is -4.02. The fraction of sp³-hybridized carbons (Fsp3) is 0.186. The van der Waals surface area contributed by atoms with Crippen LogP contribution in [-0.2, 0) is 64.1 Å². The zero-order chi connectivity index (χ0) is 55.0. The Morgan fingerprint density at radius 2 is 1.32 bits per heavy atom. The maximum atomic E-state index is 14.7. The molecule has 9 rings (SSSR count). The summed E-state index contributed by atoms with van der Waals surface area (Å²) in [6.07, 6.45) is 1.01. The molecule has 398 valence electrons. The third kappa shape index (κ3) is 12.0. The molecule has 1 aromatic heterocycles. The zero-order valence-electron chi connectivity index (χ0n) is 42.7. The minimum Gasteiger partial charge on any atom is -0.457 e. The number of oxime groups is 1. The number of nitrogens with one attached hydrogen (secondary N) is 2. The van der Waals surface area contributed by atoms with Crippen LogP contribution in [0.1, 0.15) is 65.9 Å². The van der Waals surface area contributed by atoms with Crippen LogP contribution < -0.4 is 10.6 Å². The normalized spacial score (nSPS) is 16.7. The summed E-state index contributed by atoms with van der Waals surface area (Å²) < 4.78 is 57.7. The number of anilines is 1. The van der Waals surface area contributed by atoms with E-state index in [1.807, 2.05) is 91.0 Å². The number of aromatic nitrogens is 1. The van der Waals surface area contributed by atoms with Gasteiger partial charge >= 0.3 is 22.1 Å². The smallest absolute Gasteiger partial charge is 0.356 e. The van der Waals surface area contributed by atoms with Crippen LogP contribution in [0.2, 0.25) is 0 Å². The summed E-state index contributed by atoms with van der Waals surface area (Å²) in [7, 11) is -6.38. The minimum absolute atomic E-state index is 0.00860. The Balaban J connectivity index is 1.05. The zero-order valence-corrected chi connectivity index (χ0v) is 45.1. The van der Waals surface area contributed by atoms with Crippen molar-refractivity contribution in [2.75, 3.05) is 17.7 Å².